The summed E-state index contributed by atoms with van der Waals surface area (Å²) in [5.41, 5.74) is 3.91. The quantitative estimate of drug-likeness (QED) is 0.940. The highest BCUT2D eigenvalue weighted by atomic mass is 16.5. The number of piperazine rings is 1. The molecule has 0 atom stereocenters. The van der Waals surface area contributed by atoms with E-state index < -0.39 is 0 Å². The zero-order valence-electron chi connectivity index (χ0n) is 13.3. The van der Waals surface area contributed by atoms with Crippen LogP contribution in [0.1, 0.15) is 32.9 Å². The van der Waals surface area contributed by atoms with Crippen molar-refractivity contribution in [3.05, 3.63) is 40.5 Å². The van der Waals surface area contributed by atoms with Gasteiger partial charge in [-0.05, 0) is 26.3 Å². The van der Waals surface area contributed by atoms with Crippen molar-refractivity contribution in [2.24, 2.45) is 0 Å². The standard InChI is InChI=1S/C16H22N4O2/c1-11-8-17-9-14(11)16(21)20-6-4-19(5-7-20)10-15-12(2)18-22-13(15)3/h8-9,17H,4-7,10H2,1-3H3. The summed E-state index contributed by atoms with van der Waals surface area (Å²) < 4.78 is 5.21. The number of aryl methyl sites for hydroxylation is 3. The van der Waals surface area contributed by atoms with Crippen molar-refractivity contribution in [1.82, 2.24) is 19.9 Å². The van der Waals surface area contributed by atoms with Crippen LogP contribution < -0.4 is 0 Å². The van der Waals surface area contributed by atoms with Gasteiger partial charge >= 0.3 is 0 Å². The van der Waals surface area contributed by atoms with Crippen LogP contribution in [-0.4, -0.2) is 52.0 Å². The van der Waals surface area contributed by atoms with Crippen molar-refractivity contribution < 1.29 is 9.32 Å². The molecule has 2 aromatic heterocycles. The van der Waals surface area contributed by atoms with Gasteiger partial charge in [-0.1, -0.05) is 5.16 Å². The van der Waals surface area contributed by atoms with E-state index in [1.54, 1.807) is 6.20 Å². The Bertz CT molecular complexity index is 646. The molecule has 1 amide bonds. The Balaban J connectivity index is 1.59. The van der Waals surface area contributed by atoms with Crippen molar-refractivity contribution in [2.75, 3.05) is 26.2 Å². The summed E-state index contributed by atoms with van der Waals surface area (Å²) >= 11 is 0. The van der Waals surface area contributed by atoms with Crippen LogP contribution in [-0.2, 0) is 6.54 Å². The first kappa shape index (κ1) is 14.8. The van der Waals surface area contributed by atoms with Gasteiger partial charge in [-0.25, -0.2) is 0 Å². The van der Waals surface area contributed by atoms with Crippen molar-refractivity contribution in [2.45, 2.75) is 27.3 Å². The van der Waals surface area contributed by atoms with Gasteiger partial charge in [0, 0.05) is 50.7 Å². The monoisotopic (exact) mass is 302 g/mol. The van der Waals surface area contributed by atoms with Crippen LogP contribution in [0.4, 0.5) is 0 Å². The molecule has 6 nitrogen and oxygen atoms in total. The van der Waals surface area contributed by atoms with Crippen LogP contribution >= 0.6 is 0 Å². The van der Waals surface area contributed by atoms with E-state index in [0.717, 1.165) is 55.3 Å². The van der Waals surface area contributed by atoms with Crippen molar-refractivity contribution in [3.8, 4) is 0 Å². The lowest BCUT2D eigenvalue weighted by Gasteiger charge is -2.34. The smallest absolute Gasteiger partial charge is 0.255 e. The first-order valence-corrected chi connectivity index (χ1v) is 7.63. The van der Waals surface area contributed by atoms with E-state index in [4.69, 9.17) is 4.52 Å². The summed E-state index contributed by atoms with van der Waals surface area (Å²) in [5, 5.41) is 4.00. The molecule has 0 unspecified atom stereocenters. The molecule has 118 valence electrons. The number of rotatable bonds is 3. The Kier molecular flexibility index (Phi) is 4.02. The molecule has 0 aromatic carbocycles. The number of hydrogen-bond acceptors (Lipinski definition) is 4. The molecule has 1 aliphatic heterocycles. The normalized spacial score (nSPS) is 16.2. The highest BCUT2D eigenvalue weighted by Gasteiger charge is 2.24. The van der Waals surface area contributed by atoms with Gasteiger partial charge in [0.1, 0.15) is 5.76 Å². The molecule has 0 spiro atoms. The maximum atomic E-state index is 12.5. The third-order valence-corrected chi connectivity index (χ3v) is 4.41. The fourth-order valence-corrected chi connectivity index (χ4v) is 2.90. The third kappa shape index (κ3) is 2.78. The predicted octanol–water partition coefficient (Wildman–Crippen LogP) is 1.89. The van der Waals surface area contributed by atoms with Gasteiger partial charge < -0.3 is 14.4 Å². The van der Waals surface area contributed by atoms with Gasteiger partial charge in [0.25, 0.3) is 5.91 Å². The van der Waals surface area contributed by atoms with Gasteiger partial charge in [0.05, 0.1) is 11.3 Å². The molecular weight excluding hydrogens is 280 g/mol. The largest absolute Gasteiger partial charge is 0.367 e. The number of amides is 1. The molecule has 22 heavy (non-hydrogen) atoms. The number of aromatic amines is 1. The number of aromatic nitrogens is 2. The molecule has 3 heterocycles. The van der Waals surface area contributed by atoms with Crippen LogP contribution in [0.15, 0.2) is 16.9 Å². The number of nitrogens with zero attached hydrogens (tertiary/aromatic N) is 3. The Hall–Kier alpha value is -2.08. The number of carbonyl (C=O) groups excluding carboxylic acids is 1. The predicted molar refractivity (Wildman–Crippen MR) is 82.7 cm³/mol. The number of carbonyl (C=O) groups is 1. The summed E-state index contributed by atoms with van der Waals surface area (Å²) in [4.78, 5) is 19.7. The lowest BCUT2D eigenvalue weighted by atomic mass is 10.1. The highest BCUT2D eigenvalue weighted by Crippen LogP contribution is 2.17. The maximum absolute atomic E-state index is 12.5. The molecule has 6 heteroatoms. The third-order valence-electron chi connectivity index (χ3n) is 4.41. The van der Waals surface area contributed by atoms with Crippen molar-refractivity contribution in [1.29, 1.82) is 0 Å². The Labute approximate surface area is 130 Å². The molecule has 3 rings (SSSR count). The summed E-state index contributed by atoms with van der Waals surface area (Å²) in [6.45, 7) is 9.98. The second kappa shape index (κ2) is 5.96. The van der Waals surface area contributed by atoms with Gasteiger partial charge in [0.2, 0.25) is 0 Å². The second-order valence-electron chi connectivity index (χ2n) is 5.92. The molecule has 1 aliphatic rings. The zero-order chi connectivity index (χ0) is 15.7. The molecule has 0 aliphatic carbocycles. The molecule has 1 N–H and O–H groups in total. The van der Waals surface area contributed by atoms with Crippen LogP contribution in [0.3, 0.4) is 0 Å². The molecular formula is C16H22N4O2. The molecule has 1 saturated heterocycles. The summed E-state index contributed by atoms with van der Waals surface area (Å²) in [5.74, 6) is 1.01. The summed E-state index contributed by atoms with van der Waals surface area (Å²) in [7, 11) is 0. The van der Waals surface area contributed by atoms with Crippen molar-refractivity contribution >= 4 is 5.91 Å². The van der Waals surface area contributed by atoms with E-state index in [0.29, 0.717) is 0 Å². The average molecular weight is 302 g/mol. The highest BCUT2D eigenvalue weighted by molar-refractivity contribution is 5.95. The molecule has 0 saturated carbocycles. The van der Waals surface area contributed by atoms with E-state index in [-0.39, 0.29) is 5.91 Å². The molecule has 0 radical (unpaired) electrons. The van der Waals surface area contributed by atoms with Gasteiger partial charge in [-0.15, -0.1) is 0 Å². The fourth-order valence-electron chi connectivity index (χ4n) is 2.90. The lowest BCUT2D eigenvalue weighted by Crippen LogP contribution is -2.48. The van der Waals surface area contributed by atoms with E-state index in [1.165, 1.54) is 5.56 Å². The lowest BCUT2D eigenvalue weighted by molar-refractivity contribution is 0.0627. The molecule has 2 aromatic rings. The zero-order valence-corrected chi connectivity index (χ0v) is 13.3. The Morgan fingerprint density at radius 2 is 1.95 bits per heavy atom. The average Bonchev–Trinajstić information content (AvgIpc) is 3.08. The second-order valence-corrected chi connectivity index (χ2v) is 5.92. The van der Waals surface area contributed by atoms with Crippen molar-refractivity contribution in [3.63, 3.8) is 0 Å². The Morgan fingerprint density at radius 3 is 2.50 bits per heavy atom. The van der Waals surface area contributed by atoms with E-state index >= 15 is 0 Å². The van der Waals surface area contributed by atoms with E-state index in [1.807, 2.05) is 31.9 Å². The van der Waals surface area contributed by atoms with Gasteiger partial charge in [0.15, 0.2) is 0 Å². The van der Waals surface area contributed by atoms with Crippen LogP contribution in [0.5, 0.6) is 0 Å². The first-order chi connectivity index (χ1) is 10.6. The minimum atomic E-state index is 0.121. The fraction of sp³-hybridized carbons (Fsp3) is 0.500. The summed E-state index contributed by atoms with van der Waals surface area (Å²) in [6, 6.07) is 0. The minimum Gasteiger partial charge on any atom is -0.367 e. The van der Waals surface area contributed by atoms with Crippen LogP contribution in [0, 0.1) is 20.8 Å². The summed E-state index contributed by atoms with van der Waals surface area (Å²) in [6.07, 6.45) is 3.65. The van der Waals surface area contributed by atoms with E-state index in [2.05, 4.69) is 15.0 Å². The van der Waals surface area contributed by atoms with Gasteiger partial charge in [-0.3, -0.25) is 9.69 Å². The first-order valence-electron chi connectivity index (χ1n) is 7.63. The van der Waals surface area contributed by atoms with Crippen LogP contribution in [0.25, 0.3) is 0 Å². The minimum absolute atomic E-state index is 0.121. The van der Waals surface area contributed by atoms with E-state index in [9.17, 15) is 4.79 Å². The number of H-pyrrole nitrogens is 1. The van der Waals surface area contributed by atoms with Gasteiger partial charge in [-0.2, -0.15) is 0 Å². The van der Waals surface area contributed by atoms with Crippen LogP contribution in [0.2, 0.25) is 0 Å². The molecule has 0 bridgehead atoms. The maximum Gasteiger partial charge on any atom is 0.255 e. The number of hydrogen-bond donors (Lipinski definition) is 1. The molecule has 1 fully saturated rings. The topological polar surface area (TPSA) is 65.4 Å². The SMILES string of the molecule is Cc1c[nH]cc1C(=O)N1CCN(Cc2c(C)noc2C)CC1. The number of nitrogens with one attached hydrogen (secondary N) is 1. The Morgan fingerprint density at radius 1 is 1.23 bits per heavy atom.